The quantitative estimate of drug-likeness (QED) is 0.583. The number of carbonyl (C=O) groups excluding carboxylic acids is 1. The summed E-state index contributed by atoms with van der Waals surface area (Å²) in [5.74, 6) is 0.717. The van der Waals surface area contributed by atoms with E-state index in [1.54, 1.807) is 24.3 Å². The van der Waals surface area contributed by atoms with Crippen molar-refractivity contribution in [3.63, 3.8) is 0 Å². The minimum absolute atomic E-state index is 0.368. The third-order valence-corrected chi connectivity index (χ3v) is 5.58. The van der Waals surface area contributed by atoms with Gasteiger partial charge in [0.1, 0.15) is 0 Å². The maximum atomic E-state index is 11.6. The molecule has 0 saturated heterocycles. The van der Waals surface area contributed by atoms with E-state index in [4.69, 9.17) is 9.26 Å². The number of benzene rings is 2. The molecule has 0 aliphatic carbocycles. The maximum Gasteiger partial charge on any atom is 0.337 e. The van der Waals surface area contributed by atoms with Gasteiger partial charge in [-0.2, -0.15) is 4.98 Å². The van der Waals surface area contributed by atoms with Crippen LogP contribution in [0.3, 0.4) is 0 Å². The summed E-state index contributed by atoms with van der Waals surface area (Å²) in [6.45, 7) is 2.47. The monoisotopic (exact) mass is 406 g/mol. The van der Waals surface area contributed by atoms with Gasteiger partial charge in [-0.15, -0.1) is 0 Å². The van der Waals surface area contributed by atoms with Crippen molar-refractivity contribution in [2.45, 2.75) is 25.6 Å². The van der Waals surface area contributed by atoms with Crippen molar-refractivity contribution < 1.29 is 14.1 Å². The number of carbonyl (C=O) groups is 1. The van der Waals surface area contributed by atoms with E-state index < -0.39 is 0 Å². The molecule has 30 heavy (non-hydrogen) atoms. The normalized spacial score (nSPS) is 16.5. The zero-order valence-corrected chi connectivity index (χ0v) is 17.5. The minimum atomic E-state index is -0.368. The third-order valence-electron chi connectivity index (χ3n) is 5.58. The standard InChI is InChI=1S/C23H26N4O3/c1-26(14-20-12-18-6-4-5-7-19(18)13-27(20)2)15-21-24-22(25-30-21)16-8-10-17(11-9-16)23(28)29-3/h4-11,20H,12-15H2,1-3H3/t20-/m0/s1. The molecule has 0 radical (unpaired) electrons. The largest absolute Gasteiger partial charge is 0.465 e. The highest BCUT2D eigenvalue weighted by Crippen LogP contribution is 2.23. The van der Waals surface area contributed by atoms with Gasteiger partial charge >= 0.3 is 5.97 Å². The summed E-state index contributed by atoms with van der Waals surface area (Å²) in [7, 11) is 5.61. The van der Waals surface area contributed by atoms with E-state index in [9.17, 15) is 4.79 Å². The van der Waals surface area contributed by atoms with Crippen LogP contribution >= 0.6 is 0 Å². The molecule has 0 fully saturated rings. The smallest absolute Gasteiger partial charge is 0.337 e. The van der Waals surface area contributed by atoms with Gasteiger partial charge in [0.05, 0.1) is 19.2 Å². The summed E-state index contributed by atoms with van der Waals surface area (Å²) >= 11 is 0. The van der Waals surface area contributed by atoms with Crippen LogP contribution in [0.25, 0.3) is 11.4 Å². The van der Waals surface area contributed by atoms with E-state index >= 15 is 0 Å². The zero-order chi connectivity index (χ0) is 21.1. The fraction of sp³-hybridized carbons (Fsp3) is 0.348. The van der Waals surface area contributed by atoms with Crippen LogP contribution in [0, 0.1) is 0 Å². The van der Waals surface area contributed by atoms with E-state index in [1.165, 1.54) is 18.2 Å². The van der Waals surface area contributed by atoms with Crippen molar-refractivity contribution in [1.82, 2.24) is 19.9 Å². The minimum Gasteiger partial charge on any atom is -0.465 e. The van der Waals surface area contributed by atoms with Gasteiger partial charge in [0, 0.05) is 24.7 Å². The van der Waals surface area contributed by atoms with Crippen molar-refractivity contribution >= 4 is 5.97 Å². The molecule has 0 spiro atoms. The molecule has 0 unspecified atom stereocenters. The van der Waals surface area contributed by atoms with E-state index in [1.807, 2.05) is 0 Å². The maximum absolute atomic E-state index is 11.6. The van der Waals surface area contributed by atoms with Crippen molar-refractivity contribution in [3.8, 4) is 11.4 Å². The predicted molar refractivity (Wildman–Crippen MR) is 113 cm³/mol. The molecular weight excluding hydrogens is 380 g/mol. The third kappa shape index (κ3) is 4.42. The molecule has 0 saturated carbocycles. The highest BCUT2D eigenvalue weighted by atomic mass is 16.5. The van der Waals surface area contributed by atoms with Crippen LogP contribution in [0.5, 0.6) is 0 Å². The van der Waals surface area contributed by atoms with Gasteiger partial charge in [-0.3, -0.25) is 9.80 Å². The molecule has 0 N–H and O–H groups in total. The molecule has 1 aromatic heterocycles. The van der Waals surface area contributed by atoms with E-state index in [-0.39, 0.29) is 5.97 Å². The number of methoxy groups -OCH3 is 1. The first-order chi connectivity index (χ1) is 14.5. The molecule has 1 aliphatic rings. The zero-order valence-electron chi connectivity index (χ0n) is 17.5. The Labute approximate surface area is 176 Å². The molecule has 2 aromatic carbocycles. The van der Waals surface area contributed by atoms with Gasteiger partial charge in [0.15, 0.2) is 0 Å². The highest BCUT2D eigenvalue weighted by molar-refractivity contribution is 5.89. The lowest BCUT2D eigenvalue weighted by Gasteiger charge is -2.36. The first-order valence-corrected chi connectivity index (χ1v) is 10.0. The number of aromatic nitrogens is 2. The molecule has 1 aliphatic heterocycles. The average Bonchev–Trinajstić information content (AvgIpc) is 3.22. The number of likely N-dealkylation sites (N-methyl/N-ethyl adjacent to an activating group) is 2. The lowest BCUT2D eigenvalue weighted by atomic mass is 9.94. The van der Waals surface area contributed by atoms with Gasteiger partial charge < -0.3 is 9.26 Å². The summed E-state index contributed by atoms with van der Waals surface area (Å²) in [4.78, 5) is 20.7. The lowest BCUT2D eigenvalue weighted by molar-refractivity contribution is 0.0600. The second kappa shape index (κ2) is 8.77. The van der Waals surface area contributed by atoms with Crippen LogP contribution < -0.4 is 0 Å². The van der Waals surface area contributed by atoms with E-state index in [0.717, 1.165) is 25.1 Å². The Morgan fingerprint density at radius 1 is 1.20 bits per heavy atom. The number of nitrogens with zero attached hydrogens (tertiary/aromatic N) is 4. The highest BCUT2D eigenvalue weighted by Gasteiger charge is 2.24. The first-order valence-electron chi connectivity index (χ1n) is 10.0. The summed E-state index contributed by atoms with van der Waals surface area (Å²) in [5, 5.41) is 4.09. The number of hydrogen-bond donors (Lipinski definition) is 0. The molecule has 2 heterocycles. The van der Waals surface area contributed by atoms with E-state index in [0.29, 0.717) is 29.9 Å². The Kier molecular flexibility index (Phi) is 5.92. The number of rotatable bonds is 6. The molecular formula is C23H26N4O3. The molecule has 7 nitrogen and oxygen atoms in total. The molecule has 1 atom stereocenters. The van der Waals surface area contributed by atoms with Crippen LogP contribution in [0.4, 0.5) is 0 Å². The van der Waals surface area contributed by atoms with E-state index in [2.05, 4.69) is 58.3 Å². The fourth-order valence-electron chi connectivity index (χ4n) is 3.89. The topological polar surface area (TPSA) is 71.7 Å². The van der Waals surface area contributed by atoms with Crippen LogP contribution in [-0.4, -0.2) is 59.7 Å². The molecule has 3 aromatic rings. The van der Waals surface area contributed by atoms with Crippen LogP contribution in [0.15, 0.2) is 53.1 Å². The summed E-state index contributed by atoms with van der Waals surface area (Å²) < 4.78 is 10.2. The summed E-state index contributed by atoms with van der Waals surface area (Å²) in [5.41, 5.74) is 4.13. The lowest BCUT2D eigenvalue weighted by Crippen LogP contribution is -2.44. The molecule has 156 valence electrons. The summed E-state index contributed by atoms with van der Waals surface area (Å²) in [6.07, 6.45) is 1.04. The first kappa shape index (κ1) is 20.3. The fourth-order valence-corrected chi connectivity index (χ4v) is 3.89. The second-order valence-corrected chi connectivity index (χ2v) is 7.82. The Balaban J connectivity index is 1.37. The molecule has 7 heteroatoms. The molecule has 0 amide bonds. The number of esters is 1. The van der Waals surface area contributed by atoms with Gasteiger partial charge in [-0.1, -0.05) is 41.6 Å². The molecule has 0 bridgehead atoms. The second-order valence-electron chi connectivity index (χ2n) is 7.82. The van der Waals surface area contributed by atoms with Crippen molar-refractivity contribution in [1.29, 1.82) is 0 Å². The van der Waals surface area contributed by atoms with Crippen LogP contribution in [0.2, 0.25) is 0 Å². The van der Waals surface area contributed by atoms with Crippen LogP contribution in [0.1, 0.15) is 27.4 Å². The van der Waals surface area contributed by atoms with Crippen molar-refractivity contribution in [2.24, 2.45) is 0 Å². The Bertz CT molecular complexity index is 1020. The van der Waals surface area contributed by atoms with Gasteiger partial charge in [-0.25, -0.2) is 4.79 Å². The number of fused-ring (bicyclic) bond motifs is 1. The van der Waals surface area contributed by atoms with Gasteiger partial charge in [-0.05, 0) is 43.8 Å². The Morgan fingerprint density at radius 3 is 2.67 bits per heavy atom. The van der Waals surface area contributed by atoms with Crippen molar-refractivity contribution in [3.05, 3.63) is 71.1 Å². The molecule has 4 rings (SSSR count). The predicted octanol–water partition coefficient (Wildman–Crippen LogP) is 3.01. The number of ether oxygens (including phenoxy) is 1. The Hall–Kier alpha value is -3.03. The van der Waals surface area contributed by atoms with Crippen LogP contribution in [-0.2, 0) is 24.2 Å². The average molecular weight is 406 g/mol. The summed E-state index contributed by atoms with van der Waals surface area (Å²) in [6, 6.07) is 16.1. The Morgan fingerprint density at radius 2 is 1.93 bits per heavy atom. The SMILES string of the molecule is COC(=O)c1ccc(-c2noc(CN(C)C[C@@H]3Cc4ccccc4CN3C)n2)cc1. The van der Waals surface area contributed by atoms with Gasteiger partial charge in [0.25, 0.3) is 0 Å². The van der Waals surface area contributed by atoms with Crippen molar-refractivity contribution in [2.75, 3.05) is 27.7 Å². The van der Waals surface area contributed by atoms with Gasteiger partial charge in [0.2, 0.25) is 11.7 Å². The number of hydrogen-bond acceptors (Lipinski definition) is 7.